The first-order valence-electron chi connectivity index (χ1n) is 8.33. The van der Waals surface area contributed by atoms with Crippen molar-refractivity contribution in [3.8, 4) is 33.7 Å². The fraction of sp³-hybridized carbons (Fsp3) is 0. The Morgan fingerprint density at radius 2 is 1.46 bits per heavy atom. The summed E-state index contributed by atoms with van der Waals surface area (Å²) in [6.45, 7) is 0. The number of aromatic nitrogens is 1. The molecule has 26 heavy (non-hydrogen) atoms. The van der Waals surface area contributed by atoms with Gasteiger partial charge in [-0.2, -0.15) is 0 Å². The topological polar surface area (TPSA) is 26.0 Å². The molecule has 0 N–H and O–H groups in total. The van der Waals surface area contributed by atoms with Crippen molar-refractivity contribution in [1.82, 2.24) is 4.98 Å². The molecule has 0 saturated heterocycles. The van der Waals surface area contributed by atoms with Crippen LogP contribution in [-0.2, 0) is 20.1 Å². The van der Waals surface area contributed by atoms with E-state index >= 15 is 0 Å². The molecule has 0 fully saturated rings. The molecule has 0 amide bonds. The second-order valence-electron chi connectivity index (χ2n) is 6.35. The molecule has 0 saturated carbocycles. The van der Waals surface area contributed by atoms with Crippen molar-refractivity contribution in [1.29, 1.82) is 0 Å². The maximum absolute atomic E-state index is 5.99. The molecule has 0 spiro atoms. The number of fused-ring (bicyclic) bond motifs is 4. The molecular weight excluding hydrogens is 498 g/mol. The van der Waals surface area contributed by atoms with Gasteiger partial charge < -0.3 is 4.42 Å². The van der Waals surface area contributed by atoms with Gasteiger partial charge in [-0.05, 0) is 28.3 Å². The van der Waals surface area contributed by atoms with Gasteiger partial charge in [-0.25, -0.2) is 0 Å². The van der Waals surface area contributed by atoms with Crippen LogP contribution in [0.3, 0.4) is 0 Å². The van der Waals surface area contributed by atoms with Crippen molar-refractivity contribution in [3.05, 3.63) is 78.9 Å². The standard InChI is InChI=1S/C23H12NO.Ir/c1-4-11-21-14(6-1)12-22(25-21)20-13-18-16-8-3-2-7-15(16)17-9-5-10-19(24-20)23(17)18;/h1-11,13H;/q-1;. The van der Waals surface area contributed by atoms with Crippen LogP contribution in [-0.4, -0.2) is 4.98 Å². The molecule has 0 aliphatic heterocycles. The number of hydrogen-bond donors (Lipinski definition) is 0. The number of rotatable bonds is 1. The van der Waals surface area contributed by atoms with Gasteiger partial charge in [0.1, 0.15) is 0 Å². The van der Waals surface area contributed by atoms with Crippen LogP contribution in [0.4, 0.5) is 0 Å². The average Bonchev–Trinajstić information content (AvgIpc) is 3.23. The summed E-state index contributed by atoms with van der Waals surface area (Å²) >= 11 is 0. The quantitative estimate of drug-likeness (QED) is 0.250. The summed E-state index contributed by atoms with van der Waals surface area (Å²) in [4.78, 5) is 4.86. The largest absolute Gasteiger partial charge is 0.518 e. The predicted molar refractivity (Wildman–Crippen MR) is 100 cm³/mol. The first kappa shape index (κ1) is 15.5. The van der Waals surface area contributed by atoms with E-state index < -0.39 is 0 Å². The number of benzene rings is 3. The molecule has 6 rings (SSSR count). The zero-order valence-corrected chi connectivity index (χ0v) is 16.0. The maximum atomic E-state index is 5.99. The molecule has 0 bridgehead atoms. The molecule has 0 atom stereocenters. The molecule has 5 aromatic rings. The van der Waals surface area contributed by atoms with Gasteiger partial charge in [-0.3, -0.25) is 4.98 Å². The van der Waals surface area contributed by atoms with Crippen LogP contribution in [0.25, 0.3) is 55.6 Å². The second kappa shape index (κ2) is 5.63. The molecule has 2 nitrogen and oxygen atoms in total. The van der Waals surface area contributed by atoms with Gasteiger partial charge in [0.15, 0.2) is 0 Å². The predicted octanol–water partition coefficient (Wildman–Crippen LogP) is 6.09. The van der Waals surface area contributed by atoms with Crippen LogP contribution in [0, 0.1) is 6.07 Å². The first-order chi connectivity index (χ1) is 12.4. The summed E-state index contributed by atoms with van der Waals surface area (Å²) in [6, 6.07) is 28.3. The summed E-state index contributed by atoms with van der Waals surface area (Å²) in [6.07, 6.45) is 0. The molecule has 1 aliphatic rings. The average molecular weight is 511 g/mol. The van der Waals surface area contributed by atoms with Gasteiger partial charge >= 0.3 is 0 Å². The van der Waals surface area contributed by atoms with Gasteiger partial charge in [0.2, 0.25) is 0 Å². The van der Waals surface area contributed by atoms with Crippen LogP contribution in [0.1, 0.15) is 0 Å². The molecule has 3 heteroatoms. The minimum absolute atomic E-state index is 0. The van der Waals surface area contributed by atoms with E-state index in [2.05, 4.69) is 54.6 Å². The Hall–Kier alpha value is -2.74. The van der Waals surface area contributed by atoms with Crippen molar-refractivity contribution in [2.24, 2.45) is 0 Å². The Balaban J connectivity index is 0.00000150. The van der Waals surface area contributed by atoms with Crippen LogP contribution in [0.15, 0.2) is 77.2 Å². The molecule has 125 valence electrons. The monoisotopic (exact) mass is 511 g/mol. The Morgan fingerprint density at radius 1 is 0.731 bits per heavy atom. The van der Waals surface area contributed by atoms with E-state index in [4.69, 9.17) is 9.40 Å². The van der Waals surface area contributed by atoms with Crippen LogP contribution in [0.2, 0.25) is 0 Å². The summed E-state index contributed by atoms with van der Waals surface area (Å²) in [5.41, 5.74) is 7.67. The molecule has 2 heterocycles. The van der Waals surface area contributed by atoms with Crippen molar-refractivity contribution in [3.63, 3.8) is 0 Å². The van der Waals surface area contributed by atoms with E-state index in [0.29, 0.717) is 5.76 Å². The van der Waals surface area contributed by atoms with E-state index in [0.717, 1.165) is 22.2 Å². The van der Waals surface area contributed by atoms with Gasteiger partial charge in [-0.1, -0.05) is 60.7 Å². The number of nitrogens with zero attached hydrogens (tertiary/aromatic N) is 1. The van der Waals surface area contributed by atoms with Gasteiger partial charge in [0, 0.05) is 36.8 Å². The second-order valence-corrected chi connectivity index (χ2v) is 6.35. The minimum atomic E-state index is 0. The Kier molecular flexibility index (Phi) is 3.36. The van der Waals surface area contributed by atoms with Crippen molar-refractivity contribution < 1.29 is 24.5 Å². The summed E-state index contributed by atoms with van der Waals surface area (Å²) in [5.74, 6) is 0.689. The SMILES string of the molecule is [Ir].[c-]1c(-c2cc3c4c(cccc4n2)-c2ccccc2-3)oc2ccccc12. The van der Waals surface area contributed by atoms with Gasteiger partial charge in [-0.15, -0.1) is 17.5 Å². The smallest absolute Gasteiger partial charge is 0.0609 e. The Labute approximate surface area is 163 Å². The van der Waals surface area contributed by atoms with Crippen LogP contribution >= 0.6 is 0 Å². The maximum Gasteiger partial charge on any atom is 0.0609 e. The van der Waals surface area contributed by atoms with Crippen molar-refractivity contribution in [2.75, 3.05) is 0 Å². The van der Waals surface area contributed by atoms with Gasteiger partial charge in [0.25, 0.3) is 0 Å². The molecule has 0 unspecified atom stereocenters. The van der Waals surface area contributed by atoms with E-state index in [9.17, 15) is 0 Å². The molecule has 1 radical (unpaired) electrons. The van der Waals surface area contributed by atoms with E-state index in [-0.39, 0.29) is 20.1 Å². The first-order valence-corrected chi connectivity index (χ1v) is 8.33. The Bertz CT molecular complexity index is 1270. The fourth-order valence-corrected chi connectivity index (χ4v) is 3.83. The van der Waals surface area contributed by atoms with Crippen molar-refractivity contribution in [2.45, 2.75) is 0 Å². The minimum Gasteiger partial charge on any atom is -0.518 e. The number of para-hydroxylation sites is 1. The Morgan fingerprint density at radius 3 is 2.31 bits per heavy atom. The summed E-state index contributed by atoms with van der Waals surface area (Å²) in [5, 5.41) is 2.20. The number of pyridine rings is 1. The zero-order valence-electron chi connectivity index (χ0n) is 13.6. The third-order valence-corrected chi connectivity index (χ3v) is 4.92. The molecule has 3 aromatic carbocycles. The third kappa shape index (κ3) is 2.05. The summed E-state index contributed by atoms with van der Waals surface area (Å²) in [7, 11) is 0. The van der Waals surface area contributed by atoms with Crippen molar-refractivity contribution >= 4 is 21.9 Å². The van der Waals surface area contributed by atoms with Crippen LogP contribution < -0.4 is 0 Å². The number of hydrogen-bond acceptors (Lipinski definition) is 2. The molecule has 1 aliphatic carbocycles. The molecule has 2 aromatic heterocycles. The van der Waals surface area contributed by atoms with E-state index in [1.54, 1.807) is 0 Å². The number of furan rings is 1. The van der Waals surface area contributed by atoms with E-state index in [1.807, 2.05) is 24.3 Å². The third-order valence-electron chi connectivity index (χ3n) is 4.92. The van der Waals surface area contributed by atoms with Crippen LogP contribution in [0.5, 0.6) is 0 Å². The summed E-state index contributed by atoms with van der Waals surface area (Å²) < 4.78 is 5.99. The van der Waals surface area contributed by atoms with Gasteiger partial charge in [0.05, 0.1) is 11.3 Å². The zero-order chi connectivity index (χ0) is 16.4. The van der Waals surface area contributed by atoms with E-state index in [1.165, 1.54) is 27.6 Å². The molecular formula is C23H12IrNO-. The fourth-order valence-electron chi connectivity index (χ4n) is 3.83. The normalized spacial score (nSPS) is 11.5.